The second kappa shape index (κ2) is 8.45. The molecule has 0 spiro atoms. The molecule has 2 aromatic rings. The molecule has 2 amide bonds. The topological polar surface area (TPSA) is 53.1 Å². The second-order valence-electron chi connectivity index (χ2n) is 7.30. The van der Waals surface area contributed by atoms with Gasteiger partial charge in [-0.3, -0.25) is 9.59 Å². The van der Waals surface area contributed by atoms with Gasteiger partial charge in [0, 0.05) is 42.9 Å². The van der Waals surface area contributed by atoms with E-state index in [9.17, 15) is 9.59 Å². The van der Waals surface area contributed by atoms with Crippen molar-refractivity contribution in [3.8, 4) is 5.75 Å². The van der Waals surface area contributed by atoms with Crippen LogP contribution >= 0.6 is 15.9 Å². The maximum Gasteiger partial charge on any atom is 0.239 e. The van der Waals surface area contributed by atoms with Crippen molar-refractivity contribution in [2.75, 3.05) is 49.6 Å². The van der Waals surface area contributed by atoms with Crippen LogP contribution < -0.4 is 14.5 Å². The van der Waals surface area contributed by atoms with Gasteiger partial charge in [-0.15, -0.1) is 0 Å². The quantitative estimate of drug-likeness (QED) is 0.661. The van der Waals surface area contributed by atoms with Gasteiger partial charge in [-0.25, -0.2) is 0 Å². The van der Waals surface area contributed by atoms with Gasteiger partial charge < -0.3 is 19.4 Å². The third-order valence-corrected chi connectivity index (χ3v) is 6.13. The number of nitrogens with zero attached hydrogens (tertiary/aromatic N) is 3. The summed E-state index contributed by atoms with van der Waals surface area (Å²) in [5, 5.41) is 0. The average Bonchev–Trinajstić information content (AvgIpc) is 3.14. The molecule has 29 heavy (non-hydrogen) atoms. The number of halogens is 1. The van der Waals surface area contributed by atoms with Gasteiger partial charge in [-0.05, 0) is 36.8 Å². The molecule has 2 heterocycles. The van der Waals surface area contributed by atoms with Crippen LogP contribution in [0.4, 0.5) is 11.4 Å². The fourth-order valence-corrected chi connectivity index (χ4v) is 4.48. The van der Waals surface area contributed by atoms with Gasteiger partial charge in [0.15, 0.2) is 0 Å². The monoisotopic (exact) mass is 457 g/mol. The maximum atomic E-state index is 13.0. The summed E-state index contributed by atoms with van der Waals surface area (Å²) in [6, 6.07) is 15.6. The first-order valence-electron chi connectivity index (χ1n) is 9.82. The zero-order chi connectivity index (χ0) is 20.4. The number of ether oxygens (including phenoxy) is 1. The summed E-state index contributed by atoms with van der Waals surface area (Å²) >= 11 is 3.44. The summed E-state index contributed by atoms with van der Waals surface area (Å²) in [5.41, 5.74) is 1.88. The van der Waals surface area contributed by atoms with E-state index in [0.717, 1.165) is 34.7 Å². The van der Waals surface area contributed by atoms with Gasteiger partial charge in [0.1, 0.15) is 11.7 Å². The normalized spacial score (nSPS) is 19.6. The van der Waals surface area contributed by atoms with Gasteiger partial charge in [0.05, 0.1) is 12.8 Å². The number of methoxy groups -OCH3 is 1. The first-order valence-corrected chi connectivity index (χ1v) is 10.6. The fourth-order valence-electron chi connectivity index (χ4n) is 4.09. The summed E-state index contributed by atoms with van der Waals surface area (Å²) in [4.78, 5) is 31.7. The Bertz CT molecular complexity index is 912. The van der Waals surface area contributed by atoms with E-state index in [2.05, 4.69) is 20.8 Å². The predicted octanol–water partition coefficient (Wildman–Crippen LogP) is 3.16. The van der Waals surface area contributed by atoms with Gasteiger partial charge in [-0.1, -0.05) is 34.1 Å². The molecule has 7 heteroatoms. The smallest absolute Gasteiger partial charge is 0.239 e. The Kier molecular flexibility index (Phi) is 5.76. The molecule has 1 atom stereocenters. The second-order valence-corrected chi connectivity index (χ2v) is 8.21. The molecule has 2 saturated heterocycles. The third kappa shape index (κ3) is 3.96. The molecule has 0 aliphatic carbocycles. The zero-order valence-corrected chi connectivity index (χ0v) is 18.0. The van der Waals surface area contributed by atoms with Crippen molar-refractivity contribution in [1.29, 1.82) is 0 Å². The van der Waals surface area contributed by atoms with Crippen LogP contribution in [0.3, 0.4) is 0 Å². The minimum absolute atomic E-state index is 0.0489. The summed E-state index contributed by atoms with van der Waals surface area (Å²) in [5.74, 6) is 0.113. The van der Waals surface area contributed by atoms with Crippen LogP contribution in [0.25, 0.3) is 0 Å². The van der Waals surface area contributed by atoms with Gasteiger partial charge in [0.25, 0.3) is 0 Å². The summed E-state index contributed by atoms with van der Waals surface area (Å²) in [6.45, 7) is 3.24. The molecule has 0 N–H and O–H groups in total. The van der Waals surface area contributed by atoms with Crippen LogP contribution in [0, 0.1) is 5.92 Å². The van der Waals surface area contributed by atoms with E-state index in [1.165, 1.54) is 0 Å². The number of rotatable bonds is 4. The Morgan fingerprint density at radius 3 is 2.52 bits per heavy atom. The molecule has 2 aliphatic heterocycles. The van der Waals surface area contributed by atoms with Crippen molar-refractivity contribution in [3.63, 3.8) is 0 Å². The van der Waals surface area contributed by atoms with E-state index < -0.39 is 5.92 Å². The minimum Gasteiger partial charge on any atom is -0.495 e. The molecular weight excluding hydrogens is 434 g/mol. The number of amides is 2. The molecule has 0 radical (unpaired) electrons. The van der Waals surface area contributed by atoms with E-state index in [-0.39, 0.29) is 11.8 Å². The molecule has 2 aromatic carbocycles. The molecule has 2 aliphatic rings. The third-order valence-electron chi connectivity index (χ3n) is 5.64. The van der Waals surface area contributed by atoms with Crippen molar-refractivity contribution in [2.24, 2.45) is 5.92 Å². The standard InChI is InChI=1S/C22H24BrN3O3/c1-29-20-8-3-2-7-19(20)24-11-13-25(14-12-24)21(27)18-9-10-26(22(18)28)17-6-4-5-16(23)15-17/h2-8,15,18H,9-14H2,1H3. The highest BCUT2D eigenvalue weighted by molar-refractivity contribution is 9.10. The lowest BCUT2D eigenvalue weighted by Crippen LogP contribution is -2.51. The molecule has 0 saturated carbocycles. The maximum absolute atomic E-state index is 13.0. The number of piperazine rings is 1. The molecule has 4 rings (SSSR count). The molecule has 2 fully saturated rings. The summed E-state index contributed by atoms with van der Waals surface area (Å²) < 4.78 is 6.38. The Balaban J connectivity index is 1.39. The van der Waals surface area contributed by atoms with Crippen LogP contribution in [0.2, 0.25) is 0 Å². The first kappa shape index (κ1) is 19.8. The Morgan fingerprint density at radius 2 is 1.79 bits per heavy atom. The van der Waals surface area contributed by atoms with Crippen molar-refractivity contribution in [1.82, 2.24) is 4.90 Å². The SMILES string of the molecule is COc1ccccc1N1CCN(C(=O)C2CCN(c3cccc(Br)c3)C2=O)CC1. The first-order chi connectivity index (χ1) is 14.1. The summed E-state index contributed by atoms with van der Waals surface area (Å²) in [6.07, 6.45) is 0.566. The molecule has 6 nitrogen and oxygen atoms in total. The highest BCUT2D eigenvalue weighted by Gasteiger charge is 2.40. The lowest BCUT2D eigenvalue weighted by atomic mass is 10.1. The van der Waals surface area contributed by atoms with Crippen LogP contribution in [0.1, 0.15) is 6.42 Å². The number of benzene rings is 2. The molecule has 152 valence electrons. The van der Waals surface area contributed by atoms with Crippen LogP contribution in [-0.4, -0.2) is 56.5 Å². The zero-order valence-electron chi connectivity index (χ0n) is 16.4. The van der Waals surface area contributed by atoms with Crippen LogP contribution in [0.15, 0.2) is 53.0 Å². The van der Waals surface area contributed by atoms with Crippen molar-refractivity contribution >= 4 is 39.1 Å². The number of para-hydroxylation sites is 2. The van der Waals surface area contributed by atoms with Gasteiger partial charge in [-0.2, -0.15) is 0 Å². The van der Waals surface area contributed by atoms with Crippen molar-refractivity contribution in [3.05, 3.63) is 53.0 Å². The van der Waals surface area contributed by atoms with E-state index in [1.54, 1.807) is 12.0 Å². The predicted molar refractivity (Wildman–Crippen MR) is 116 cm³/mol. The molecule has 0 aromatic heterocycles. The molecular formula is C22H24BrN3O3. The molecule has 0 bridgehead atoms. The highest BCUT2D eigenvalue weighted by Crippen LogP contribution is 2.31. The lowest BCUT2D eigenvalue weighted by Gasteiger charge is -2.37. The minimum atomic E-state index is -0.577. The Labute approximate surface area is 179 Å². The Morgan fingerprint density at radius 1 is 1.03 bits per heavy atom. The van der Waals surface area contributed by atoms with E-state index in [1.807, 2.05) is 53.4 Å². The largest absolute Gasteiger partial charge is 0.495 e. The number of carbonyl (C=O) groups is 2. The average molecular weight is 458 g/mol. The van der Waals surface area contributed by atoms with Crippen molar-refractivity contribution in [2.45, 2.75) is 6.42 Å². The van der Waals surface area contributed by atoms with Gasteiger partial charge >= 0.3 is 0 Å². The fraction of sp³-hybridized carbons (Fsp3) is 0.364. The van der Waals surface area contributed by atoms with Crippen molar-refractivity contribution < 1.29 is 14.3 Å². The number of hydrogen-bond acceptors (Lipinski definition) is 4. The number of hydrogen-bond donors (Lipinski definition) is 0. The van der Waals surface area contributed by atoms with Crippen LogP contribution in [-0.2, 0) is 9.59 Å². The van der Waals surface area contributed by atoms with Gasteiger partial charge in [0.2, 0.25) is 11.8 Å². The highest BCUT2D eigenvalue weighted by atomic mass is 79.9. The Hall–Kier alpha value is -2.54. The van der Waals surface area contributed by atoms with E-state index in [4.69, 9.17) is 4.74 Å². The van der Waals surface area contributed by atoms with Crippen LogP contribution in [0.5, 0.6) is 5.75 Å². The number of anilines is 2. The number of carbonyl (C=O) groups excluding carboxylic acids is 2. The molecule has 1 unspecified atom stereocenters. The van der Waals surface area contributed by atoms with E-state index >= 15 is 0 Å². The summed E-state index contributed by atoms with van der Waals surface area (Å²) in [7, 11) is 1.67. The lowest BCUT2D eigenvalue weighted by molar-refractivity contribution is -0.140. The van der Waals surface area contributed by atoms with E-state index in [0.29, 0.717) is 26.1 Å².